The molecular weight excluding hydrogens is 336 g/mol. The average molecular weight is 358 g/mol. The molecule has 0 unspecified atom stereocenters. The Morgan fingerprint density at radius 1 is 0.926 bits per heavy atom. The predicted molar refractivity (Wildman–Crippen MR) is 108 cm³/mol. The largest absolute Gasteiger partial charge is 0.457 e. The van der Waals surface area contributed by atoms with Crippen LogP contribution in [0.1, 0.15) is 18.1 Å². The molecule has 3 heteroatoms. The maximum Gasteiger partial charge on any atom is 0.333 e. The summed E-state index contributed by atoms with van der Waals surface area (Å²) in [6, 6.07) is 23.9. The predicted octanol–water partition coefficient (Wildman–Crippen LogP) is 5.13. The fraction of sp³-hybridized carbons (Fsp3) is 0.125. The van der Waals surface area contributed by atoms with Crippen LogP contribution in [0.5, 0.6) is 0 Å². The molecule has 0 radical (unpaired) electrons. The van der Waals surface area contributed by atoms with Crippen molar-refractivity contribution >= 4 is 5.97 Å². The molecule has 0 fully saturated rings. The van der Waals surface area contributed by atoms with E-state index in [0.717, 1.165) is 33.4 Å². The first-order chi connectivity index (χ1) is 13.1. The van der Waals surface area contributed by atoms with Crippen LogP contribution in [0.25, 0.3) is 22.3 Å². The lowest BCUT2D eigenvalue weighted by atomic mass is 9.95. The van der Waals surface area contributed by atoms with Gasteiger partial charge in [0, 0.05) is 5.57 Å². The zero-order valence-electron chi connectivity index (χ0n) is 15.3. The van der Waals surface area contributed by atoms with Crippen molar-refractivity contribution in [3.63, 3.8) is 0 Å². The standard InChI is InChI=1S/C24H22O3/c1-17(2)24(26)27-16-22-14-21(19-10-8-18(15-25)9-11-19)12-13-23(22)20-6-4-3-5-7-20/h3-14,25H,1,15-16H2,2H3. The Balaban J connectivity index is 1.98. The molecule has 0 amide bonds. The van der Waals surface area contributed by atoms with E-state index in [9.17, 15) is 9.90 Å². The van der Waals surface area contributed by atoms with Crippen molar-refractivity contribution in [3.8, 4) is 22.3 Å². The van der Waals surface area contributed by atoms with Gasteiger partial charge in [-0.2, -0.15) is 0 Å². The van der Waals surface area contributed by atoms with Crippen molar-refractivity contribution in [2.24, 2.45) is 0 Å². The van der Waals surface area contributed by atoms with Gasteiger partial charge in [-0.15, -0.1) is 0 Å². The number of ether oxygens (including phenoxy) is 1. The molecule has 27 heavy (non-hydrogen) atoms. The molecule has 0 saturated carbocycles. The van der Waals surface area contributed by atoms with E-state index in [0.29, 0.717) is 5.57 Å². The van der Waals surface area contributed by atoms with E-state index in [2.05, 4.69) is 18.7 Å². The molecule has 0 heterocycles. The summed E-state index contributed by atoms with van der Waals surface area (Å²) < 4.78 is 5.41. The van der Waals surface area contributed by atoms with Gasteiger partial charge in [-0.1, -0.05) is 73.3 Å². The minimum absolute atomic E-state index is 0.0231. The third-order valence-electron chi connectivity index (χ3n) is 4.37. The summed E-state index contributed by atoms with van der Waals surface area (Å²) in [5.41, 5.74) is 6.35. The van der Waals surface area contributed by atoms with Crippen molar-refractivity contribution in [2.75, 3.05) is 0 Å². The summed E-state index contributed by atoms with van der Waals surface area (Å²) in [5.74, 6) is -0.397. The normalized spacial score (nSPS) is 10.4. The van der Waals surface area contributed by atoms with Gasteiger partial charge in [0.2, 0.25) is 0 Å². The summed E-state index contributed by atoms with van der Waals surface area (Å²) in [4.78, 5) is 11.8. The Kier molecular flexibility index (Phi) is 5.84. The number of rotatable bonds is 6. The Bertz CT molecular complexity index is 941. The van der Waals surface area contributed by atoms with Crippen LogP contribution in [0.3, 0.4) is 0 Å². The first kappa shape index (κ1) is 18.6. The molecule has 0 atom stereocenters. The number of aliphatic hydroxyl groups is 1. The minimum Gasteiger partial charge on any atom is -0.457 e. The lowest BCUT2D eigenvalue weighted by molar-refractivity contribution is -0.140. The van der Waals surface area contributed by atoms with Crippen molar-refractivity contribution in [3.05, 3.63) is 96.1 Å². The van der Waals surface area contributed by atoms with Crippen LogP contribution in [0.2, 0.25) is 0 Å². The van der Waals surface area contributed by atoms with Gasteiger partial charge in [0.1, 0.15) is 6.61 Å². The number of hydrogen-bond donors (Lipinski definition) is 1. The van der Waals surface area contributed by atoms with E-state index < -0.39 is 5.97 Å². The van der Waals surface area contributed by atoms with Crippen LogP contribution in [0.4, 0.5) is 0 Å². The SMILES string of the molecule is C=C(C)C(=O)OCc1cc(-c2ccc(CO)cc2)ccc1-c1ccccc1. The Hall–Kier alpha value is -3.17. The minimum atomic E-state index is -0.397. The molecule has 3 aromatic carbocycles. The lowest BCUT2D eigenvalue weighted by Crippen LogP contribution is -2.05. The van der Waals surface area contributed by atoms with Gasteiger partial charge in [0.05, 0.1) is 6.61 Å². The Morgan fingerprint density at radius 3 is 2.22 bits per heavy atom. The van der Waals surface area contributed by atoms with Crippen LogP contribution in [0, 0.1) is 0 Å². The summed E-state index contributed by atoms with van der Waals surface area (Å²) in [6.45, 7) is 5.48. The number of aliphatic hydroxyl groups excluding tert-OH is 1. The van der Waals surface area contributed by atoms with Crippen molar-refractivity contribution in [1.82, 2.24) is 0 Å². The van der Waals surface area contributed by atoms with Crippen LogP contribution < -0.4 is 0 Å². The molecule has 0 aliphatic rings. The highest BCUT2D eigenvalue weighted by molar-refractivity contribution is 5.87. The lowest BCUT2D eigenvalue weighted by Gasteiger charge is -2.13. The van der Waals surface area contributed by atoms with Gasteiger partial charge >= 0.3 is 5.97 Å². The molecule has 3 aromatic rings. The molecule has 3 nitrogen and oxygen atoms in total. The zero-order valence-corrected chi connectivity index (χ0v) is 15.3. The number of hydrogen-bond acceptors (Lipinski definition) is 3. The molecule has 0 spiro atoms. The summed E-state index contributed by atoms with van der Waals surface area (Å²) in [5, 5.41) is 9.22. The van der Waals surface area contributed by atoms with E-state index in [1.54, 1.807) is 6.92 Å². The van der Waals surface area contributed by atoms with Crippen molar-refractivity contribution in [1.29, 1.82) is 0 Å². The third kappa shape index (κ3) is 4.52. The van der Waals surface area contributed by atoms with Crippen LogP contribution >= 0.6 is 0 Å². The van der Waals surface area contributed by atoms with Gasteiger partial charge in [0.25, 0.3) is 0 Å². The van der Waals surface area contributed by atoms with Crippen LogP contribution in [-0.4, -0.2) is 11.1 Å². The highest BCUT2D eigenvalue weighted by Crippen LogP contribution is 2.30. The molecule has 0 aliphatic carbocycles. The summed E-state index contributed by atoms with van der Waals surface area (Å²) in [7, 11) is 0. The fourth-order valence-corrected chi connectivity index (χ4v) is 2.86. The number of carbonyl (C=O) groups excluding carboxylic acids is 1. The second-order valence-corrected chi connectivity index (χ2v) is 6.45. The first-order valence-electron chi connectivity index (χ1n) is 8.79. The van der Waals surface area contributed by atoms with Gasteiger partial charge in [-0.05, 0) is 46.4 Å². The van der Waals surface area contributed by atoms with E-state index in [1.165, 1.54) is 0 Å². The van der Waals surface area contributed by atoms with Crippen molar-refractivity contribution in [2.45, 2.75) is 20.1 Å². The molecule has 1 N–H and O–H groups in total. The van der Waals surface area contributed by atoms with E-state index in [1.807, 2.05) is 60.7 Å². The first-order valence-corrected chi connectivity index (χ1v) is 8.79. The van der Waals surface area contributed by atoms with Crippen molar-refractivity contribution < 1.29 is 14.6 Å². The second kappa shape index (κ2) is 8.47. The van der Waals surface area contributed by atoms with Gasteiger partial charge < -0.3 is 9.84 Å². The Labute approximate surface area is 159 Å². The summed E-state index contributed by atoms with van der Waals surface area (Å²) in [6.07, 6.45) is 0. The molecule has 0 bridgehead atoms. The van der Waals surface area contributed by atoms with Gasteiger partial charge in [0.15, 0.2) is 0 Å². The third-order valence-corrected chi connectivity index (χ3v) is 4.37. The summed E-state index contributed by atoms with van der Waals surface area (Å²) >= 11 is 0. The van der Waals surface area contributed by atoms with E-state index >= 15 is 0 Å². The van der Waals surface area contributed by atoms with E-state index in [4.69, 9.17) is 4.74 Å². The number of esters is 1. The molecule has 0 aliphatic heterocycles. The van der Waals surface area contributed by atoms with Gasteiger partial charge in [-0.3, -0.25) is 0 Å². The quantitative estimate of drug-likeness (QED) is 0.491. The average Bonchev–Trinajstić information content (AvgIpc) is 2.72. The smallest absolute Gasteiger partial charge is 0.333 e. The van der Waals surface area contributed by atoms with Crippen LogP contribution in [0.15, 0.2) is 84.9 Å². The van der Waals surface area contributed by atoms with E-state index in [-0.39, 0.29) is 13.2 Å². The highest BCUT2D eigenvalue weighted by atomic mass is 16.5. The molecular formula is C24H22O3. The number of benzene rings is 3. The second-order valence-electron chi connectivity index (χ2n) is 6.45. The van der Waals surface area contributed by atoms with Crippen LogP contribution in [-0.2, 0) is 22.7 Å². The highest BCUT2D eigenvalue weighted by Gasteiger charge is 2.11. The van der Waals surface area contributed by atoms with Gasteiger partial charge in [-0.25, -0.2) is 4.79 Å². The Morgan fingerprint density at radius 2 is 1.59 bits per heavy atom. The topological polar surface area (TPSA) is 46.5 Å². The zero-order chi connectivity index (χ0) is 19.2. The monoisotopic (exact) mass is 358 g/mol. The molecule has 136 valence electrons. The fourth-order valence-electron chi connectivity index (χ4n) is 2.86. The maximum absolute atomic E-state index is 11.8. The molecule has 3 rings (SSSR count). The molecule has 0 saturated heterocycles. The number of carbonyl (C=O) groups is 1. The maximum atomic E-state index is 11.8. The molecule has 0 aromatic heterocycles.